The molecule has 5 nitrogen and oxygen atoms in total. The van der Waals surface area contributed by atoms with Gasteiger partial charge in [0.2, 0.25) is 0 Å². The summed E-state index contributed by atoms with van der Waals surface area (Å²) in [6, 6.07) is 12.0. The Balaban J connectivity index is 1.27. The van der Waals surface area contributed by atoms with Gasteiger partial charge in [-0.3, -0.25) is 14.7 Å². The van der Waals surface area contributed by atoms with Crippen molar-refractivity contribution < 1.29 is 9.53 Å². The molecule has 1 amide bonds. The Morgan fingerprint density at radius 3 is 2.83 bits per heavy atom. The summed E-state index contributed by atoms with van der Waals surface area (Å²) in [5, 5.41) is 0. The number of pyridine rings is 1. The van der Waals surface area contributed by atoms with Crippen molar-refractivity contribution in [2.45, 2.75) is 38.8 Å². The van der Waals surface area contributed by atoms with Crippen LogP contribution in [0.15, 0.2) is 48.8 Å². The topological polar surface area (TPSA) is 45.7 Å². The van der Waals surface area contributed by atoms with Crippen molar-refractivity contribution in [1.29, 1.82) is 0 Å². The molecule has 0 bridgehead atoms. The molecule has 1 spiro atoms. The molecule has 0 unspecified atom stereocenters. The molecule has 1 aromatic carbocycles. The first-order chi connectivity index (χ1) is 14.0. The average Bonchev–Trinajstić information content (AvgIpc) is 3.10. The Morgan fingerprint density at radius 1 is 1.28 bits per heavy atom. The molecule has 0 saturated carbocycles. The highest BCUT2D eigenvalue weighted by atomic mass is 16.5. The summed E-state index contributed by atoms with van der Waals surface area (Å²) in [7, 11) is 2.14. The van der Waals surface area contributed by atoms with Crippen molar-refractivity contribution in [2.24, 2.45) is 5.41 Å². The van der Waals surface area contributed by atoms with Crippen LogP contribution in [-0.2, 0) is 11.3 Å². The second-order valence-corrected chi connectivity index (χ2v) is 8.86. The molecule has 1 aromatic heterocycles. The lowest BCUT2D eigenvalue weighted by atomic mass is 9.76. The van der Waals surface area contributed by atoms with Crippen molar-refractivity contribution in [2.75, 3.05) is 33.3 Å². The van der Waals surface area contributed by atoms with Gasteiger partial charge in [-0.05, 0) is 62.4 Å². The number of aryl methyl sites for hydroxylation is 1. The van der Waals surface area contributed by atoms with Gasteiger partial charge in [-0.2, -0.15) is 0 Å². The van der Waals surface area contributed by atoms with E-state index in [0.717, 1.165) is 63.2 Å². The number of benzene rings is 1. The summed E-state index contributed by atoms with van der Waals surface area (Å²) in [6.45, 7) is 6.33. The standard InChI is InChI=1S/C24H31N3O2/c1-19-5-3-7-21(13-19)23(28)27-11-8-24(9-12-27)14-22(29-18-24)17-26(2)16-20-6-4-10-25-15-20/h3-7,10,13,15,22H,8-9,11-12,14,16-18H2,1-2H3/t22-/m0/s1. The molecule has 29 heavy (non-hydrogen) atoms. The largest absolute Gasteiger partial charge is 0.376 e. The van der Waals surface area contributed by atoms with E-state index in [0.29, 0.717) is 0 Å². The van der Waals surface area contributed by atoms with E-state index in [2.05, 4.69) is 23.0 Å². The first-order valence-electron chi connectivity index (χ1n) is 10.6. The van der Waals surface area contributed by atoms with Crippen molar-refractivity contribution in [3.8, 4) is 0 Å². The van der Waals surface area contributed by atoms with Crippen LogP contribution in [0.3, 0.4) is 0 Å². The van der Waals surface area contributed by atoms with Gasteiger partial charge in [-0.1, -0.05) is 23.8 Å². The molecular weight excluding hydrogens is 362 g/mol. The smallest absolute Gasteiger partial charge is 0.253 e. The fourth-order valence-corrected chi connectivity index (χ4v) is 4.72. The normalized spacial score (nSPS) is 21.1. The van der Waals surface area contributed by atoms with E-state index < -0.39 is 0 Å². The lowest BCUT2D eigenvalue weighted by Gasteiger charge is -2.38. The van der Waals surface area contributed by atoms with Gasteiger partial charge in [-0.15, -0.1) is 0 Å². The number of likely N-dealkylation sites (N-methyl/N-ethyl adjacent to an activating group) is 1. The molecule has 1 atom stereocenters. The molecule has 0 N–H and O–H groups in total. The zero-order valence-corrected chi connectivity index (χ0v) is 17.5. The zero-order valence-electron chi connectivity index (χ0n) is 17.5. The van der Waals surface area contributed by atoms with Gasteiger partial charge in [-0.25, -0.2) is 0 Å². The summed E-state index contributed by atoms with van der Waals surface area (Å²) in [4.78, 5) is 21.3. The van der Waals surface area contributed by atoms with Crippen LogP contribution in [0.2, 0.25) is 0 Å². The molecule has 2 aliphatic heterocycles. The van der Waals surface area contributed by atoms with E-state index >= 15 is 0 Å². The third kappa shape index (κ3) is 4.85. The minimum atomic E-state index is 0.162. The minimum Gasteiger partial charge on any atom is -0.376 e. The summed E-state index contributed by atoms with van der Waals surface area (Å²) in [6.07, 6.45) is 7.17. The van der Waals surface area contributed by atoms with Crippen LogP contribution in [0.4, 0.5) is 0 Å². The van der Waals surface area contributed by atoms with Gasteiger partial charge >= 0.3 is 0 Å². The van der Waals surface area contributed by atoms with Gasteiger partial charge in [0.1, 0.15) is 0 Å². The highest BCUT2D eigenvalue weighted by molar-refractivity contribution is 5.94. The van der Waals surface area contributed by atoms with Gasteiger partial charge < -0.3 is 9.64 Å². The molecule has 4 rings (SSSR count). The second-order valence-electron chi connectivity index (χ2n) is 8.86. The summed E-state index contributed by atoms with van der Waals surface area (Å²) in [5.74, 6) is 0.162. The van der Waals surface area contributed by atoms with Crippen LogP contribution >= 0.6 is 0 Å². The number of carbonyl (C=O) groups is 1. The second kappa shape index (κ2) is 8.64. The Hall–Kier alpha value is -2.24. The molecule has 154 valence electrons. The minimum absolute atomic E-state index is 0.162. The van der Waals surface area contributed by atoms with E-state index in [1.807, 2.05) is 54.5 Å². The Bertz CT molecular complexity index is 831. The average molecular weight is 394 g/mol. The first kappa shape index (κ1) is 20.0. The first-order valence-corrected chi connectivity index (χ1v) is 10.6. The Kier molecular flexibility index (Phi) is 5.97. The molecule has 0 radical (unpaired) electrons. The lowest BCUT2D eigenvalue weighted by molar-refractivity contribution is 0.0457. The van der Waals surface area contributed by atoms with Crippen molar-refractivity contribution in [3.05, 3.63) is 65.5 Å². The van der Waals surface area contributed by atoms with Gasteiger partial charge in [0, 0.05) is 44.1 Å². The number of piperidine rings is 1. The molecule has 3 heterocycles. The summed E-state index contributed by atoms with van der Waals surface area (Å²) >= 11 is 0. The van der Waals surface area contributed by atoms with Crippen LogP contribution in [0.5, 0.6) is 0 Å². The van der Waals surface area contributed by atoms with Crippen molar-refractivity contribution in [3.63, 3.8) is 0 Å². The lowest BCUT2D eigenvalue weighted by Crippen LogP contribution is -2.43. The fraction of sp³-hybridized carbons (Fsp3) is 0.500. The van der Waals surface area contributed by atoms with E-state index in [1.54, 1.807) is 0 Å². The number of amides is 1. The number of ether oxygens (including phenoxy) is 1. The van der Waals surface area contributed by atoms with Crippen LogP contribution in [0, 0.1) is 12.3 Å². The van der Waals surface area contributed by atoms with Gasteiger partial charge in [0.25, 0.3) is 5.91 Å². The number of rotatable bonds is 5. The number of hydrogen-bond donors (Lipinski definition) is 0. The molecular formula is C24H31N3O2. The predicted octanol–water partition coefficient (Wildman–Crippen LogP) is 3.53. The Morgan fingerprint density at radius 2 is 2.10 bits per heavy atom. The molecule has 5 heteroatoms. The third-order valence-corrected chi connectivity index (χ3v) is 6.35. The third-order valence-electron chi connectivity index (χ3n) is 6.35. The number of carbonyl (C=O) groups excluding carboxylic acids is 1. The summed E-state index contributed by atoms with van der Waals surface area (Å²) in [5.41, 5.74) is 3.40. The van der Waals surface area contributed by atoms with E-state index in [-0.39, 0.29) is 17.4 Å². The fourth-order valence-electron chi connectivity index (χ4n) is 4.72. The zero-order chi connectivity index (χ0) is 20.3. The van der Waals surface area contributed by atoms with Crippen LogP contribution < -0.4 is 0 Å². The number of likely N-dealkylation sites (tertiary alicyclic amines) is 1. The quantitative estimate of drug-likeness (QED) is 0.780. The molecule has 2 fully saturated rings. The van der Waals surface area contributed by atoms with E-state index in [9.17, 15) is 4.79 Å². The van der Waals surface area contributed by atoms with Crippen LogP contribution in [-0.4, -0.2) is 60.1 Å². The number of nitrogens with zero attached hydrogens (tertiary/aromatic N) is 3. The number of hydrogen-bond acceptors (Lipinski definition) is 4. The highest BCUT2D eigenvalue weighted by Gasteiger charge is 2.43. The Labute approximate surface area is 173 Å². The predicted molar refractivity (Wildman–Crippen MR) is 114 cm³/mol. The molecule has 2 aromatic rings. The monoisotopic (exact) mass is 393 g/mol. The molecule has 0 aliphatic carbocycles. The molecule has 2 saturated heterocycles. The number of aromatic nitrogens is 1. The van der Waals surface area contributed by atoms with Crippen molar-refractivity contribution >= 4 is 5.91 Å². The van der Waals surface area contributed by atoms with Crippen molar-refractivity contribution in [1.82, 2.24) is 14.8 Å². The van der Waals surface area contributed by atoms with Gasteiger partial charge in [0.15, 0.2) is 0 Å². The maximum atomic E-state index is 12.8. The maximum absolute atomic E-state index is 12.8. The highest BCUT2D eigenvalue weighted by Crippen LogP contribution is 2.42. The summed E-state index contributed by atoms with van der Waals surface area (Å²) < 4.78 is 6.19. The van der Waals surface area contributed by atoms with Crippen LogP contribution in [0.1, 0.15) is 40.7 Å². The van der Waals surface area contributed by atoms with Gasteiger partial charge in [0.05, 0.1) is 12.7 Å². The van der Waals surface area contributed by atoms with E-state index in [1.165, 1.54) is 5.56 Å². The molecule has 2 aliphatic rings. The van der Waals surface area contributed by atoms with E-state index in [4.69, 9.17) is 4.74 Å². The van der Waals surface area contributed by atoms with Crippen LogP contribution in [0.25, 0.3) is 0 Å². The maximum Gasteiger partial charge on any atom is 0.253 e. The SMILES string of the molecule is Cc1cccc(C(=O)N2CCC3(CC2)CO[C@H](CN(C)Cc2cccnc2)C3)c1.